The van der Waals surface area contributed by atoms with Crippen LogP contribution in [0.5, 0.6) is 11.5 Å². The number of benzene rings is 1. The number of methoxy groups -OCH3 is 2. The molecule has 120 valence electrons. The molecule has 0 atom stereocenters. The fourth-order valence-electron chi connectivity index (χ4n) is 2.80. The van der Waals surface area contributed by atoms with Gasteiger partial charge in [0.05, 0.1) is 14.2 Å². The van der Waals surface area contributed by atoms with Crippen molar-refractivity contribution in [2.75, 3.05) is 20.0 Å². The fraction of sp³-hybridized carbons (Fsp3) is 0.333. The lowest BCUT2D eigenvalue weighted by Crippen LogP contribution is -2.20. The molecule has 0 saturated heterocycles. The Bertz CT molecular complexity index is 764. The van der Waals surface area contributed by atoms with Gasteiger partial charge in [-0.1, -0.05) is 19.4 Å². The van der Waals surface area contributed by atoms with Crippen molar-refractivity contribution in [1.82, 2.24) is 0 Å². The van der Waals surface area contributed by atoms with E-state index in [2.05, 4.69) is 18.0 Å². The summed E-state index contributed by atoms with van der Waals surface area (Å²) in [5.41, 5.74) is 10.3. The number of hydrogen-bond donors (Lipinski definition) is 1. The first-order chi connectivity index (χ1) is 11.1. The Morgan fingerprint density at radius 2 is 1.91 bits per heavy atom. The van der Waals surface area contributed by atoms with E-state index in [1.165, 1.54) is 0 Å². The zero-order chi connectivity index (χ0) is 17.0. The molecule has 3 N–H and O–H groups in total. The normalized spacial score (nSPS) is 10.2. The number of pyridine rings is 1. The number of nitrogens with one attached hydrogen (secondary N) is 1. The lowest BCUT2D eigenvalue weighted by Gasteiger charge is -2.15. The van der Waals surface area contributed by atoms with E-state index >= 15 is 0 Å². The summed E-state index contributed by atoms with van der Waals surface area (Å²) in [6, 6.07) is 7.87. The molecule has 2 rings (SSSR count). The molecule has 0 fully saturated rings. The number of hydrogen-bond acceptors (Lipinski definition) is 4. The molecule has 5 nitrogen and oxygen atoms in total. The minimum atomic E-state index is 0.384. The maximum Gasteiger partial charge on any atom is 0.289 e. The minimum Gasteiger partial charge on any atom is -0.493 e. The van der Waals surface area contributed by atoms with Crippen molar-refractivity contribution in [3.8, 4) is 28.7 Å². The average molecular weight is 312 g/mol. The van der Waals surface area contributed by atoms with Crippen molar-refractivity contribution in [2.24, 2.45) is 0 Å². The molecular formula is C18H22N3O2+. The van der Waals surface area contributed by atoms with Gasteiger partial charge < -0.3 is 9.47 Å². The van der Waals surface area contributed by atoms with Crippen LogP contribution >= 0.6 is 0 Å². The molecule has 0 unspecified atom stereocenters. The second kappa shape index (κ2) is 7.01. The van der Waals surface area contributed by atoms with Gasteiger partial charge in [0.25, 0.3) is 5.82 Å². The average Bonchev–Trinajstić information content (AvgIpc) is 2.56. The van der Waals surface area contributed by atoms with Crippen LogP contribution in [0.1, 0.15) is 30.2 Å². The fourth-order valence-corrected chi connectivity index (χ4v) is 2.80. The summed E-state index contributed by atoms with van der Waals surface area (Å²) in [6.45, 7) is 4.09. The number of aryl methyl sites for hydroxylation is 1. The van der Waals surface area contributed by atoms with Gasteiger partial charge in [-0.25, -0.2) is 4.98 Å². The molecule has 0 spiro atoms. The van der Waals surface area contributed by atoms with Gasteiger partial charge in [0.2, 0.25) is 0 Å². The number of ether oxygens (including phenoxy) is 2. The highest BCUT2D eigenvalue weighted by Gasteiger charge is 2.21. The number of aromatic amines is 1. The van der Waals surface area contributed by atoms with Gasteiger partial charge in [-0.3, -0.25) is 5.73 Å². The predicted octanol–water partition coefficient (Wildman–Crippen LogP) is 2.90. The summed E-state index contributed by atoms with van der Waals surface area (Å²) >= 11 is 0. The van der Waals surface area contributed by atoms with Crippen LogP contribution in [-0.2, 0) is 6.42 Å². The van der Waals surface area contributed by atoms with Crippen molar-refractivity contribution in [3.63, 3.8) is 0 Å². The van der Waals surface area contributed by atoms with Crippen molar-refractivity contribution in [1.29, 1.82) is 5.26 Å². The molecule has 0 radical (unpaired) electrons. The van der Waals surface area contributed by atoms with Crippen LogP contribution in [0.25, 0.3) is 11.1 Å². The van der Waals surface area contributed by atoms with Gasteiger partial charge in [-0.2, -0.15) is 5.26 Å². The molecule has 2 aromatic rings. The molecule has 0 aliphatic heterocycles. The third-order valence-electron chi connectivity index (χ3n) is 3.88. The van der Waals surface area contributed by atoms with E-state index in [-0.39, 0.29) is 0 Å². The van der Waals surface area contributed by atoms with E-state index in [0.29, 0.717) is 22.9 Å². The first-order valence-corrected chi connectivity index (χ1v) is 7.54. The van der Waals surface area contributed by atoms with E-state index in [1.807, 2.05) is 25.1 Å². The van der Waals surface area contributed by atoms with Crippen molar-refractivity contribution >= 4 is 5.82 Å². The topological polar surface area (TPSA) is 82.4 Å². The first kappa shape index (κ1) is 16.6. The Morgan fingerprint density at radius 3 is 2.48 bits per heavy atom. The molecule has 1 aromatic heterocycles. The number of H-pyrrole nitrogens is 1. The van der Waals surface area contributed by atoms with Gasteiger partial charge >= 0.3 is 0 Å². The highest BCUT2D eigenvalue weighted by atomic mass is 16.5. The number of anilines is 1. The zero-order valence-electron chi connectivity index (χ0n) is 14.0. The van der Waals surface area contributed by atoms with Crippen LogP contribution in [0, 0.1) is 18.3 Å². The van der Waals surface area contributed by atoms with Crippen LogP contribution in [0.2, 0.25) is 0 Å². The number of aromatic nitrogens is 1. The largest absolute Gasteiger partial charge is 0.493 e. The Balaban J connectivity index is 2.78. The Morgan fingerprint density at radius 1 is 1.22 bits per heavy atom. The molecule has 0 saturated carbocycles. The summed E-state index contributed by atoms with van der Waals surface area (Å²) in [7, 11) is 3.19. The summed E-state index contributed by atoms with van der Waals surface area (Å²) in [5, 5.41) is 9.57. The SMILES string of the molecule is CCCc1c(C)[nH+]c(N)c(C#N)c1-c1ccc(OC)c(OC)c1. The maximum atomic E-state index is 9.57. The smallest absolute Gasteiger partial charge is 0.289 e. The second-order valence-corrected chi connectivity index (χ2v) is 5.32. The molecule has 0 aliphatic carbocycles. The third-order valence-corrected chi connectivity index (χ3v) is 3.88. The third kappa shape index (κ3) is 3.07. The number of nitrogen functional groups attached to an aromatic ring is 1. The lowest BCUT2D eigenvalue weighted by atomic mass is 9.91. The molecule has 1 heterocycles. The predicted molar refractivity (Wildman–Crippen MR) is 89.4 cm³/mol. The Hall–Kier alpha value is -2.74. The van der Waals surface area contributed by atoms with E-state index in [1.54, 1.807) is 14.2 Å². The van der Waals surface area contributed by atoms with E-state index < -0.39 is 0 Å². The van der Waals surface area contributed by atoms with Gasteiger partial charge in [-0.05, 0) is 31.0 Å². The van der Waals surface area contributed by atoms with Crippen LogP contribution in [0.15, 0.2) is 18.2 Å². The van der Waals surface area contributed by atoms with Crippen LogP contribution in [-0.4, -0.2) is 14.2 Å². The highest BCUT2D eigenvalue weighted by molar-refractivity contribution is 5.79. The molecule has 1 aromatic carbocycles. The van der Waals surface area contributed by atoms with Gasteiger partial charge in [0.15, 0.2) is 11.5 Å². The molecule has 0 aliphatic rings. The molecule has 5 heteroatoms. The van der Waals surface area contributed by atoms with Crippen molar-refractivity contribution < 1.29 is 14.5 Å². The lowest BCUT2D eigenvalue weighted by molar-refractivity contribution is -0.371. The van der Waals surface area contributed by atoms with Crippen LogP contribution in [0.3, 0.4) is 0 Å². The summed E-state index contributed by atoms with van der Waals surface area (Å²) < 4.78 is 10.7. The Labute approximate surface area is 136 Å². The summed E-state index contributed by atoms with van der Waals surface area (Å²) in [4.78, 5) is 3.10. The molecular weight excluding hydrogens is 290 g/mol. The quantitative estimate of drug-likeness (QED) is 0.920. The van der Waals surface area contributed by atoms with E-state index in [4.69, 9.17) is 15.2 Å². The molecule has 23 heavy (non-hydrogen) atoms. The van der Waals surface area contributed by atoms with E-state index in [9.17, 15) is 5.26 Å². The highest BCUT2D eigenvalue weighted by Crippen LogP contribution is 2.36. The second-order valence-electron chi connectivity index (χ2n) is 5.32. The van der Waals surface area contributed by atoms with Crippen molar-refractivity contribution in [2.45, 2.75) is 26.7 Å². The molecule has 0 amide bonds. The standard InChI is InChI=1S/C18H21N3O2/c1-5-6-13-11(2)21-18(20)14(10-19)17(13)12-7-8-15(22-3)16(9-12)23-4/h7-9H,5-6H2,1-4H3,(H2,20,21)/p+1. The number of rotatable bonds is 5. The number of nitriles is 1. The van der Waals surface area contributed by atoms with Crippen molar-refractivity contribution in [3.05, 3.63) is 35.0 Å². The maximum absolute atomic E-state index is 9.57. The van der Waals surface area contributed by atoms with Gasteiger partial charge in [0.1, 0.15) is 17.3 Å². The summed E-state index contributed by atoms with van der Waals surface area (Å²) in [6.07, 6.45) is 1.84. The van der Waals surface area contributed by atoms with Crippen LogP contribution in [0.4, 0.5) is 5.82 Å². The monoisotopic (exact) mass is 312 g/mol. The van der Waals surface area contributed by atoms with E-state index in [0.717, 1.165) is 35.2 Å². The zero-order valence-corrected chi connectivity index (χ0v) is 14.0. The minimum absolute atomic E-state index is 0.384. The molecule has 0 bridgehead atoms. The van der Waals surface area contributed by atoms with Crippen LogP contribution < -0.4 is 20.2 Å². The number of nitrogens with zero attached hydrogens (tertiary/aromatic N) is 1. The van der Waals surface area contributed by atoms with Gasteiger partial charge in [-0.15, -0.1) is 0 Å². The summed E-state index contributed by atoms with van der Waals surface area (Å²) in [5.74, 6) is 1.66. The Kier molecular flexibility index (Phi) is 5.07. The van der Waals surface area contributed by atoms with Gasteiger partial charge in [0, 0.05) is 11.1 Å². The first-order valence-electron chi connectivity index (χ1n) is 7.54. The number of nitrogens with two attached hydrogens (primary N) is 1.